The first kappa shape index (κ1) is 15.7. The van der Waals surface area contributed by atoms with Gasteiger partial charge in [-0.3, -0.25) is 4.79 Å². The first-order chi connectivity index (χ1) is 12.1. The third kappa shape index (κ3) is 2.56. The molecule has 1 aromatic heterocycles. The van der Waals surface area contributed by atoms with Crippen molar-refractivity contribution < 1.29 is 13.6 Å². The summed E-state index contributed by atoms with van der Waals surface area (Å²) in [5, 5.41) is 6.86. The SMILES string of the molecule is CNC(=O)c1c(-c2ccc(F)cc2)oc2cc3c(cc12)C(C)CCN3. The zero-order valence-corrected chi connectivity index (χ0v) is 14.2. The Morgan fingerprint density at radius 2 is 2.04 bits per heavy atom. The monoisotopic (exact) mass is 338 g/mol. The highest BCUT2D eigenvalue weighted by molar-refractivity contribution is 6.11. The standard InChI is InChI=1S/C20H19FN2O2/c1-11-7-8-23-16-10-17-15(9-14(11)16)18(20(24)22-2)19(25-17)12-3-5-13(21)6-4-12/h3-6,9-11,23H,7-8H2,1-2H3,(H,22,24). The number of fused-ring (bicyclic) bond motifs is 2. The summed E-state index contributed by atoms with van der Waals surface area (Å²) in [7, 11) is 1.60. The van der Waals surface area contributed by atoms with Crippen molar-refractivity contribution in [2.24, 2.45) is 0 Å². The second-order valence-corrected chi connectivity index (χ2v) is 6.44. The molecule has 1 aliphatic heterocycles. The number of benzene rings is 2. The Balaban J connectivity index is 1.99. The van der Waals surface area contributed by atoms with E-state index in [1.807, 2.05) is 12.1 Å². The van der Waals surface area contributed by atoms with Gasteiger partial charge >= 0.3 is 0 Å². The van der Waals surface area contributed by atoms with Crippen molar-refractivity contribution in [2.75, 3.05) is 18.9 Å². The van der Waals surface area contributed by atoms with E-state index >= 15 is 0 Å². The molecule has 25 heavy (non-hydrogen) atoms. The summed E-state index contributed by atoms with van der Waals surface area (Å²) in [5.74, 6) is 0.344. The minimum atomic E-state index is -0.324. The van der Waals surface area contributed by atoms with Crippen LogP contribution in [-0.2, 0) is 0 Å². The molecule has 128 valence electrons. The molecule has 4 rings (SSSR count). The van der Waals surface area contributed by atoms with Gasteiger partial charge in [-0.1, -0.05) is 6.92 Å². The lowest BCUT2D eigenvalue weighted by Crippen LogP contribution is -2.18. The van der Waals surface area contributed by atoms with Gasteiger partial charge in [-0.2, -0.15) is 0 Å². The van der Waals surface area contributed by atoms with Crippen LogP contribution in [0, 0.1) is 5.82 Å². The topological polar surface area (TPSA) is 54.3 Å². The van der Waals surface area contributed by atoms with E-state index in [9.17, 15) is 9.18 Å². The highest BCUT2D eigenvalue weighted by atomic mass is 19.1. The van der Waals surface area contributed by atoms with E-state index in [1.165, 1.54) is 17.7 Å². The highest BCUT2D eigenvalue weighted by Gasteiger charge is 2.25. The lowest BCUT2D eigenvalue weighted by Gasteiger charge is -2.23. The fourth-order valence-corrected chi connectivity index (χ4v) is 3.45. The maximum atomic E-state index is 13.3. The van der Waals surface area contributed by atoms with Crippen LogP contribution >= 0.6 is 0 Å². The fraction of sp³-hybridized carbons (Fsp3) is 0.250. The lowest BCUT2D eigenvalue weighted by molar-refractivity contribution is 0.0964. The molecule has 1 amide bonds. The van der Waals surface area contributed by atoms with Gasteiger partial charge in [0, 0.05) is 36.3 Å². The van der Waals surface area contributed by atoms with Gasteiger partial charge in [-0.25, -0.2) is 4.39 Å². The Morgan fingerprint density at radius 1 is 1.28 bits per heavy atom. The molecule has 0 fully saturated rings. The van der Waals surface area contributed by atoms with Crippen LogP contribution < -0.4 is 10.6 Å². The molecule has 0 spiro atoms. The Kier molecular flexibility index (Phi) is 3.71. The molecule has 0 saturated carbocycles. The minimum absolute atomic E-state index is 0.213. The number of carbonyl (C=O) groups excluding carboxylic acids is 1. The van der Waals surface area contributed by atoms with Crippen LogP contribution in [0.15, 0.2) is 40.8 Å². The summed E-state index contributed by atoms with van der Waals surface area (Å²) in [6.45, 7) is 3.11. The van der Waals surface area contributed by atoms with Crippen LogP contribution in [-0.4, -0.2) is 19.5 Å². The van der Waals surface area contributed by atoms with Crippen molar-refractivity contribution in [3.8, 4) is 11.3 Å². The number of amides is 1. The summed E-state index contributed by atoms with van der Waals surface area (Å²) < 4.78 is 19.3. The van der Waals surface area contributed by atoms with Crippen molar-refractivity contribution >= 4 is 22.6 Å². The van der Waals surface area contributed by atoms with Crippen LogP contribution in [0.2, 0.25) is 0 Å². The molecule has 2 heterocycles. The Morgan fingerprint density at radius 3 is 2.76 bits per heavy atom. The van der Waals surface area contributed by atoms with Gasteiger partial charge in [0.2, 0.25) is 0 Å². The predicted octanol–water partition coefficient (Wildman–Crippen LogP) is 4.52. The Bertz CT molecular complexity index is 960. The van der Waals surface area contributed by atoms with Gasteiger partial charge in [0.25, 0.3) is 5.91 Å². The number of furan rings is 1. The van der Waals surface area contributed by atoms with E-state index in [-0.39, 0.29) is 11.7 Å². The first-order valence-electron chi connectivity index (χ1n) is 8.41. The molecule has 2 aromatic carbocycles. The molecule has 2 N–H and O–H groups in total. The molecule has 5 heteroatoms. The maximum Gasteiger partial charge on any atom is 0.255 e. The average Bonchev–Trinajstić information content (AvgIpc) is 2.99. The van der Waals surface area contributed by atoms with Crippen molar-refractivity contribution in [2.45, 2.75) is 19.3 Å². The van der Waals surface area contributed by atoms with Crippen LogP contribution in [0.4, 0.5) is 10.1 Å². The van der Waals surface area contributed by atoms with Crippen LogP contribution in [0.3, 0.4) is 0 Å². The summed E-state index contributed by atoms with van der Waals surface area (Å²) in [5.41, 5.74) is 4.06. The van der Waals surface area contributed by atoms with E-state index in [0.29, 0.717) is 28.4 Å². The quantitative estimate of drug-likeness (QED) is 0.722. The Hall–Kier alpha value is -2.82. The van der Waals surface area contributed by atoms with Gasteiger partial charge in [0.05, 0.1) is 5.56 Å². The molecule has 0 saturated heterocycles. The summed E-state index contributed by atoms with van der Waals surface area (Å²) in [4.78, 5) is 12.5. The summed E-state index contributed by atoms with van der Waals surface area (Å²) in [6.07, 6.45) is 1.05. The number of halogens is 1. The Labute approximate surface area is 145 Å². The van der Waals surface area contributed by atoms with Crippen molar-refractivity contribution in [3.63, 3.8) is 0 Å². The number of hydrogen-bond donors (Lipinski definition) is 2. The van der Waals surface area contributed by atoms with Crippen molar-refractivity contribution in [1.82, 2.24) is 5.32 Å². The highest BCUT2D eigenvalue weighted by Crippen LogP contribution is 2.40. The van der Waals surface area contributed by atoms with E-state index in [4.69, 9.17) is 4.42 Å². The van der Waals surface area contributed by atoms with Crippen LogP contribution in [0.1, 0.15) is 35.2 Å². The van der Waals surface area contributed by atoms with Crippen LogP contribution in [0.25, 0.3) is 22.3 Å². The third-order valence-corrected chi connectivity index (χ3v) is 4.84. The van der Waals surface area contributed by atoms with Gasteiger partial charge in [-0.05, 0) is 48.2 Å². The van der Waals surface area contributed by atoms with Crippen LogP contribution in [0.5, 0.6) is 0 Å². The summed E-state index contributed by atoms with van der Waals surface area (Å²) >= 11 is 0. The number of rotatable bonds is 2. The molecule has 0 radical (unpaired) electrons. The maximum absolute atomic E-state index is 13.3. The van der Waals surface area contributed by atoms with Gasteiger partial charge in [0.1, 0.15) is 17.2 Å². The zero-order chi connectivity index (χ0) is 17.6. The smallest absolute Gasteiger partial charge is 0.255 e. The molecule has 0 bridgehead atoms. The molecule has 0 aliphatic carbocycles. The lowest BCUT2D eigenvalue weighted by atomic mass is 9.91. The minimum Gasteiger partial charge on any atom is -0.455 e. The molecule has 1 atom stereocenters. The number of hydrogen-bond acceptors (Lipinski definition) is 3. The number of carbonyl (C=O) groups is 1. The van der Waals surface area contributed by atoms with Crippen molar-refractivity contribution in [1.29, 1.82) is 0 Å². The zero-order valence-electron chi connectivity index (χ0n) is 14.2. The first-order valence-corrected chi connectivity index (χ1v) is 8.41. The third-order valence-electron chi connectivity index (χ3n) is 4.84. The van der Waals surface area contributed by atoms with E-state index < -0.39 is 0 Å². The van der Waals surface area contributed by atoms with Gasteiger partial charge in [0.15, 0.2) is 0 Å². The molecular weight excluding hydrogens is 319 g/mol. The van der Waals surface area contributed by atoms with E-state index in [1.54, 1.807) is 19.2 Å². The molecule has 1 unspecified atom stereocenters. The number of anilines is 1. The molecule has 1 aliphatic rings. The molecular formula is C20H19FN2O2. The predicted molar refractivity (Wildman–Crippen MR) is 96.5 cm³/mol. The van der Waals surface area contributed by atoms with E-state index in [0.717, 1.165) is 24.0 Å². The second-order valence-electron chi connectivity index (χ2n) is 6.44. The normalized spacial score (nSPS) is 16.4. The van der Waals surface area contributed by atoms with Crippen molar-refractivity contribution in [3.05, 3.63) is 53.3 Å². The number of nitrogens with one attached hydrogen (secondary N) is 2. The fourth-order valence-electron chi connectivity index (χ4n) is 3.45. The summed E-state index contributed by atoms with van der Waals surface area (Å²) in [6, 6.07) is 9.98. The van der Waals surface area contributed by atoms with Gasteiger partial charge < -0.3 is 15.1 Å². The second kappa shape index (κ2) is 5.92. The molecule has 4 nitrogen and oxygen atoms in total. The largest absolute Gasteiger partial charge is 0.455 e. The molecule has 3 aromatic rings. The van der Waals surface area contributed by atoms with E-state index in [2.05, 4.69) is 17.6 Å². The van der Waals surface area contributed by atoms with Gasteiger partial charge in [-0.15, -0.1) is 0 Å². The average molecular weight is 338 g/mol.